The molecule has 6 N–H and O–H groups in total. The third-order valence-electron chi connectivity index (χ3n) is 6.77. The SMILES string of the molecule is COc1cccc(CNC(=O)[C@H]2CC[C@@H](C)N(c3cc(-c4ccc5c(N)n[nH]c5c4)nc(N)n3)C2)c1. The first kappa shape index (κ1) is 23.4. The van der Waals surface area contributed by atoms with E-state index in [0.717, 1.165) is 40.6 Å². The van der Waals surface area contributed by atoms with Crippen LogP contribution in [0, 0.1) is 5.92 Å². The maximum absolute atomic E-state index is 13.0. The van der Waals surface area contributed by atoms with Gasteiger partial charge in [-0.1, -0.05) is 18.2 Å². The molecule has 0 radical (unpaired) electrons. The number of methoxy groups -OCH3 is 1. The van der Waals surface area contributed by atoms with Crippen molar-refractivity contribution in [3.63, 3.8) is 0 Å². The Morgan fingerprint density at radius 2 is 2.03 bits per heavy atom. The maximum Gasteiger partial charge on any atom is 0.225 e. The van der Waals surface area contributed by atoms with E-state index in [-0.39, 0.29) is 23.8 Å². The molecule has 2 aromatic carbocycles. The van der Waals surface area contributed by atoms with E-state index in [1.165, 1.54) is 0 Å². The minimum absolute atomic E-state index is 0.0271. The number of nitrogen functional groups attached to an aromatic ring is 2. The molecule has 0 unspecified atom stereocenters. The Morgan fingerprint density at radius 1 is 1.17 bits per heavy atom. The van der Waals surface area contributed by atoms with Crippen molar-refractivity contribution in [1.29, 1.82) is 0 Å². The van der Waals surface area contributed by atoms with E-state index >= 15 is 0 Å². The number of carbonyl (C=O) groups excluding carboxylic acids is 1. The standard InChI is InChI=1S/C26H30N8O2/c1-15-6-7-18(25(35)29-13-16-4-3-5-19(10-16)36-2)14-34(15)23-12-21(30-26(28)31-23)17-8-9-20-22(11-17)32-33-24(20)27/h3-5,8-12,15,18H,6-7,13-14H2,1-2H3,(H,29,35)(H3,27,32,33)(H2,28,30,31)/t15-,18+/m1/s1. The number of nitrogens with zero attached hydrogens (tertiary/aromatic N) is 4. The number of aromatic nitrogens is 4. The minimum Gasteiger partial charge on any atom is -0.497 e. The fourth-order valence-corrected chi connectivity index (χ4v) is 4.70. The number of piperidine rings is 1. The number of fused-ring (bicyclic) bond motifs is 1. The van der Waals surface area contributed by atoms with E-state index < -0.39 is 0 Å². The second-order valence-electron chi connectivity index (χ2n) is 9.18. The predicted molar refractivity (Wildman–Crippen MR) is 140 cm³/mol. The molecular formula is C26H30N8O2. The van der Waals surface area contributed by atoms with E-state index in [0.29, 0.717) is 30.4 Å². The van der Waals surface area contributed by atoms with Gasteiger partial charge in [-0.2, -0.15) is 10.1 Å². The molecule has 0 saturated carbocycles. The van der Waals surface area contributed by atoms with Crippen LogP contribution < -0.4 is 26.4 Å². The molecule has 4 aromatic rings. The van der Waals surface area contributed by atoms with Crippen molar-refractivity contribution in [3.8, 4) is 17.0 Å². The zero-order valence-corrected chi connectivity index (χ0v) is 20.4. The summed E-state index contributed by atoms with van der Waals surface area (Å²) in [5.41, 5.74) is 15.4. The lowest BCUT2D eigenvalue weighted by Gasteiger charge is -2.38. The lowest BCUT2D eigenvalue weighted by molar-refractivity contribution is -0.125. The quantitative estimate of drug-likeness (QED) is 0.325. The highest BCUT2D eigenvalue weighted by molar-refractivity contribution is 5.91. The van der Waals surface area contributed by atoms with E-state index in [1.807, 2.05) is 48.5 Å². The Labute approximate surface area is 209 Å². The highest BCUT2D eigenvalue weighted by Gasteiger charge is 2.31. The molecular weight excluding hydrogens is 456 g/mol. The average molecular weight is 487 g/mol. The van der Waals surface area contributed by atoms with Gasteiger partial charge in [0.15, 0.2) is 5.82 Å². The third kappa shape index (κ3) is 4.74. The number of aromatic amines is 1. The van der Waals surface area contributed by atoms with E-state index in [2.05, 4.69) is 37.3 Å². The van der Waals surface area contributed by atoms with Crippen molar-refractivity contribution in [2.24, 2.45) is 5.92 Å². The molecule has 1 aliphatic rings. The number of nitrogens with two attached hydrogens (primary N) is 2. The molecule has 0 bridgehead atoms. The number of anilines is 3. The summed E-state index contributed by atoms with van der Waals surface area (Å²) in [4.78, 5) is 24.2. The Hall–Kier alpha value is -4.34. The minimum atomic E-state index is -0.157. The number of H-pyrrole nitrogens is 1. The van der Waals surface area contributed by atoms with Crippen LogP contribution in [0.1, 0.15) is 25.3 Å². The zero-order valence-electron chi connectivity index (χ0n) is 20.4. The molecule has 5 rings (SSSR count). The number of carbonyl (C=O) groups is 1. The molecule has 10 heteroatoms. The number of rotatable bonds is 6. The lowest BCUT2D eigenvalue weighted by Crippen LogP contribution is -2.47. The van der Waals surface area contributed by atoms with Gasteiger partial charge < -0.3 is 26.4 Å². The molecule has 186 valence electrons. The molecule has 1 amide bonds. The molecule has 3 heterocycles. The highest BCUT2D eigenvalue weighted by Crippen LogP contribution is 2.31. The molecule has 1 saturated heterocycles. The summed E-state index contributed by atoms with van der Waals surface area (Å²) in [6.45, 7) is 3.15. The second kappa shape index (κ2) is 9.73. The summed E-state index contributed by atoms with van der Waals surface area (Å²) in [5.74, 6) is 1.99. The fraction of sp³-hybridized carbons (Fsp3) is 0.308. The van der Waals surface area contributed by atoms with Crippen LogP contribution in [-0.2, 0) is 11.3 Å². The van der Waals surface area contributed by atoms with Gasteiger partial charge in [-0.15, -0.1) is 0 Å². The first-order valence-electron chi connectivity index (χ1n) is 12.0. The number of hydrogen-bond acceptors (Lipinski definition) is 8. The maximum atomic E-state index is 13.0. The zero-order chi connectivity index (χ0) is 25.2. The van der Waals surface area contributed by atoms with Crippen LogP contribution in [0.2, 0.25) is 0 Å². The second-order valence-corrected chi connectivity index (χ2v) is 9.18. The Balaban J connectivity index is 1.33. The lowest BCUT2D eigenvalue weighted by atomic mass is 9.92. The molecule has 36 heavy (non-hydrogen) atoms. The van der Waals surface area contributed by atoms with Crippen molar-refractivity contribution in [1.82, 2.24) is 25.5 Å². The monoisotopic (exact) mass is 486 g/mol. The molecule has 0 spiro atoms. The Kier molecular flexibility index (Phi) is 6.32. The summed E-state index contributed by atoms with van der Waals surface area (Å²) < 4.78 is 5.27. The van der Waals surface area contributed by atoms with E-state index in [1.54, 1.807) is 7.11 Å². The van der Waals surface area contributed by atoms with Crippen molar-refractivity contribution in [3.05, 3.63) is 54.1 Å². The number of nitrogens with one attached hydrogen (secondary N) is 2. The van der Waals surface area contributed by atoms with Crippen LogP contribution >= 0.6 is 0 Å². The van der Waals surface area contributed by atoms with Crippen LogP contribution in [0.5, 0.6) is 5.75 Å². The van der Waals surface area contributed by atoms with Crippen LogP contribution in [0.4, 0.5) is 17.6 Å². The third-order valence-corrected chi connectivity index (χ3v) is 6.77. The number of amides is 1. The number of benzene rings is 2. The Morgan fingerprint density at radius 3 is 2.86 bits per heavy atom. The average Bonchev–Trinajstić information content (AvgIpc) is 3.27. The van der Waals surface area contributed by atoms with Crippen molar-refractivity contribution in [2.45, 2.75) is 32.4 Å². The van der Waals surface area contributed by atoms with Crippen molar-refractivity contribution < 1.29 is 9.53 Å². The van der Waals surface area contributed by atoms with Crippen LogP contribution in [0.15, 0.2) is 48.5 Å². The number of hydrogen-bond donors (Lipinski definition) is 4. The molecule has 1 fully saturated rings. The van der Waals surface area contributed by atoms with Crippen LogP contribution in [0.3, 0.4) is 0 Å². The van der Waals surface area contributed by atoms with Gasteiger partial charge in [0, 0.05) is 36.1 Å². The summed E-state index contributed by atoms with van der Waals surface area (Å²) in [6, 6.07) is 15.6. The summed E-state index contributed by atoms with van der Waals surface area (Å²) in [5, 5.41) is 10.9. The summed E-state index contributed by atoms with van der Waals surface area (Å²) in [7, 11) is 1.63. The van der Waals surface area contributed by atoms with E-state index in [9.17, 15) is 4.79 Å². The van der Waals surface area contributed by atoms with Gasteiger partial charge in [-0.3, -0.25) is 9.89 Å². The van der Waals surface area contributed by atoms with Gasteiger partial charge in [0.2, 0.25) is 11.9 Å². The van der Waals surface area contributed by atoms with Gasteiger partial charge in [0.1, 0.15) is 11.6 Å². The van der Waals surface area contributed by atoms with Gasteiger partial charge in [0.25, 0.3) is 0 Å². The first-order chi connectivity index (χ1) is 17.4. The largest absolute Gasteiger partial charge is 0.497 e. The van der Waals surface area contributed by atoms with Gasteiger partial charge in [-0.25, -0.2) is 4.98 Å². The first-order valence-corrected chi connectivity index (χ1v) is 12.0. The van der Waals surface area contributed by atoms with Crippen LogP contribution in [-0.4, -0.2) is 45.8 Å². The molecule has 2 atom stereocenters. The predicted octanol–water partition coefficient (Wildman–Crippen LogP) is 3.11. The smallest absolute Gasteiger partial charge is 0.225 e. The highest BCUT2D eigenvalue weighted by atomic mass is 16.5. The normalized spacial score (nSPS) is 17.8. The Bertz CT molecular complexity index is 1400. The van der Waals surface area contributed by atoms with Crippen molar-refractivity contribution in [2.75, 3.05) is 30.0 Å². The van der Waals surface area contributed by atoms with Crippen molar-refractivity contribution >= 4 is 34.4 Å². The number of ether oxygens (including phenoxy) is 1. The summed E-state index contributed by atoms with van der Waals surface area (Å²) in [6.07, 6.45) is 1.68. The van der Waals surface area contributed by atoms with E-state index in [4.69, 9.17) is 16.2 Å². The molecule has 0 aliphatic carbocycles. The topological polar surface area (TPSA) is 148 Å². The van der Waals surface area contributed by atoms with Crippen LogP contribution in [0.25, 0.3) is 22.2 Å². The molecule has 10 nitrogen and oxygen atoms in total. The van der Waals surface area contributed by atoms with Gasteiger partial charge in [-0.05, 0) is 49.6 Å². The summed E-state index contributed by atoms with van der Waals surface area (Å²) >= 11 is 0. The van der Waals surface area contributed by atoms with Gasteiger partial charge >= 0.3 is 0 Å². The molecule has 2 aromatic heterocycles. The van der Waals surface area contributed by atoms with Gasteiger partial charge in [0.05, 0.1) is 24.2 Å². The molecule has 1 aliphatic heterocycles. The fourth-order valence-electron chi connectivity index (χ4n) is 4.70.